The fourth-order valence-electron chi connectivity index (χ4n) is 8.34. The van der Waals surface area contributed by atoms with Crippen molar-refractivity contribution < 1.29 is 28.7 Å². The Labute approximate surface area is 375 Å². The number of hydrogen-bond acceptors (Lipinski definition) is 9. The zero-order valence-electron chi connectivity index (χ0n) is 38.3. The van der Waals surface area contributed by atoms with Crippen LogP contribution in [0.15, 0.2) is 55.1 Å². The van der Waals surface area contributed by atoms with Gasteiger partial charge in [-0.3, -0.25) is 9.59 Å². The van der Waals surface area contributed by atoms with Gasteiger partial charge in [-0.15, -0.1) is 11.3 Å². The molecule has 14 nitrogen and oxygen atoms in total. The summed E-state index contributed by atoms with van der Waals surface area (Å²) in [5, 5.41) is 6.12. The number of hydrazine groups is 1. The Morgan fingerprint density at radius 2 is 1.48 bits per heavy atom. The number of amides is 4. The summed E-state index contributed by atoms with van der Waals surface area (Å²) in [4.78, 5) is 67.9. The molecule has 63 heavy (non-hydrogen) atoms. The zero-order chi connectivity index (χ0) is 45.5. The van der Waals surface area contributed by atoms with E-state index in [-0.39, 0.29) is 36.2 Å². The maximum absolute atomic E-state index is 13.7. The first-order valence-corrected chi connectivity index (χ1v) is 23.4. The molecule has 3 aromatic heterocycles. The van der Waals surface area contributed by atoms with Crippen LogP contribution >= 0.6 is 11.3 Å². The Morgan fingerprint density at radius 3 is 2.11 bits per heavy atom. The van der Waals surface area contributed by atoms with Crippen molar-refractivity contribution >= 4 is 46.1 Å². The van der Waals surface area contributed by atoms with Crippen molar-refractivity contribution in [3.8, 4) is 32.3 Å². The molecule has 0 spiro atoms. The standard InChI is InChI=1S/C35H38N6O3S.C8H14N2O3.C3H8.C2H6/c1-20(2)41(40-35(43)44-3)34(42)28-8-5-4-7-27(28)33-37-18-29(39-33)23-13-11-22-16-24(14-12-21(22)15-23)31-25-9-6-10-26(25)32(45-31)30-17-36-19-38-30;1-13-8(12)9-6-7(11)10-4-2-3-5-10;1-3-2;1-2/h11-20,27-28H,4-10H2,1-3H3,(H,36,38)(H,37,39)(H,40,43);2-6H2,1H3,(H,9,12);3H2,1-2H3;1-2H3. The van der Waals surface area contributed by atoms with E-state index in [4.69, 9.17) is 9.72 Å². The van der Waals surface area contributed by atoms with E-state index in [1.54, 1.807) is 11.2 Å². The fraction of sp³-hybridized carbons (Fsp3) is 0.500. The minimum absolute atomic E-state index is 0.0344. The number of nitrogens with one attached hydrogen (secondary N) is 4. The number of benzene rings is 2. The Bertz CT molecular complexity index is 2260. The van der Waals surface area contributed by atoms with Crippen molar-refractivity contribution in [1.82, 2.24) is 40.6 Å². The molecule has 2 atom stereocenters. The lowest BCUT2D eigenvalue weighted by atomic mass is 9.78. The van der Waals surface area contributed by atoms with Gasteiger partial charge in [-0.05, 0) is 98.4 Å². The minimum Gasteiger partial charge on any atom is -0.453 e. The molecule has 2 aromatic carbocycles. The van der Waals surface area contributed by atoms with Crippen LogP contribution in [0.3, 0.4) is 0 Å². The summed E-state index contributed by atoms with van der Waals surface area (Å²) in [6, 6.07) is 13.1. The van der Waals surface area contributed by atoms with Crippen molar-refractivity contribution in [2.45, 2.75) is 118 Å². The predicted octanol–water partition coefficient (Wildman–Crippen LogP) is 10.0. The van der Waals surface area contributed by atoms with Crippen LogP contribution in [0.5, 0.6) is 0 Å². The van der Waals surface area contributed by atoms with Gasteiger partial charge in [0.15, 0.2) is 0 Å². The molecule has 4 N–H and O–H groups in total. The van der Waals surface area contributed by atoms with Crippen LogP contribution in [-0.4, -0.2) is 93.7 Å². The second-order valence-electron chi connectivity index (χ2n) is 16.0. The number of carbonyl (C=O) groups excluding carboxylic acids is 4. The number of alkyl carbamates (subject to hydrolysis) is 1. The SMILES string of the molecule is CC.CCC.COC(=O)NCC(=O)N1CCCC1.COC(=O)NN(C(=O)C1CCCCC1c1ncc(-c2ccc3cc(-c4sc(-c5cnc[nH]5)c5c4CCC5)ccc3c2)[nH]1)C(C)C. The topological polar surface area (TPSA) is 175 Å². The fourth-order valence-corrected chi connectivity index (χ4v) is 9.71. The van der Waals surface area contributed by atoms with E-state index in [9.17, 15) is 19.2 Å². The van der Waals surface area contributed by atoms with Gasteiger partial charge < -0.3 is 29.7 Å². The summed E-state index contributed by atoms with van der Waals surface area (Å²) in [6.07, 6.45) is 14.8. The largest absolute Gasteiger partial charge is 0.453 e. The first-order valence-electron chi connectivity index (χ1n) is 22.6. The molecule has 1 saturated heterocycles. The summed E-state index contributed by atoms with van der Waals surface area (Å²) >= 11 is 1.87. The van der Waals surface area contributed by atoms with Crippen LogP contribution in [0.25, 0.3) is 43.0 Å². The molecule has 5 aromatic rings. The highest BCUT2D eigenvalue weighted by Gasteiger charge is 2.38. The second-order valence-corrected chi connectivity index (χ2v) is 17.1. The molecule has 15 heteroatoms. The molecule has 4 amide bonds. The summed E-state index contributed by atoms with van der Waals surface area (Å²) in [6.45, 7) is 13.7. The van der Waals surface area contributed by atoms with E-state index in [1.807, 2.05) is 51.4 Å². The maximum atomic E-state index is 13.7. The highest BCUT2D eigenvalue weighted by atomic mass is 32.1. The molecule has 2 fully saturated rings. The van der Waals surface area contributed by atoms with Crippen molar-refractivity contribution in [3.63, 3.8) is 0 Å². The second kappa shape index (κ2) is 23.7. The Hall–Kier alpha value is -5.70. The lowest BCUT2D eigenvalue weighted by Gasteiger charge is -2.35. The molecule has 3 aliphatic rings. The van der Waals surface area contributed by atoms with E-state index >= 15 is 0 Å². The Balaban J connectivity index is 0.000000351. The highest BCUT2D eigenvalue weighted by molar-refractivity contribution is 7.19. The van der Waals surface area contributed by atoms with Gasteiger partial charge in [-0.1, -0.05) is 71.2 Å². The van der Waals surface area contributed by atoms with Crippen molar-refractivity contribution in [3.05, 3.63) is 72.1 Å². The molecule has 4 heterocycles. The van der Waals surface area contributed by atoms with Crippen LogP contribution < -0.4 is 10.7 Å². The van der Waals surface area contributed by atoms with E-state index in [0.717, 1.165) is 87.2 Å². The number of nitrogens with zero attached hydrogens (tertiary/aromatic N) is 4. The quantitative estimate of drug-likeness (QED) is 0.111. The highest BCUT2D eigenvalue weighted by Crippen LogP contribution is 2.46. The van der Waals surface area contributed by atoms with Gasteiger partial charge in [0.1, 0.15) is 12.4 Å². The number of hydrogen-bond donors (Lipinski definition) is 4. The van der Waals surface area contributed by atoms with Crippen molar-refractivity contribution in [2.75, 3.05) is 33.9 Å². The van der Waals surface area contributed by atoms with E-state index in [0.29, 0.717) is 0 Å². The summed E-state index contributed by atoms with van der Waals surface area (Å²) < 4.78 is 9.10. The summed E-state index contributed by atoms with van der Waals surface area (Å²) in [7, 11) is 2.57. The molecular weight excluding hydrogens is 817 g/mol. The van der Waals surface area contributed by atoms with E-state index in [2.05, 4.69) is 80.7 Å². The van der Waals surface area contributed by atoms with Gasteiger partial charge in [0.05, 0.1) is 49.2 Å². The van der Waals surface area contributed by atoms with Gasteiger partial charge in [-0.25, -0.2) is 30.0 Å². The van der Waals surface area contributed by atoms with Crippen LogP contribution in [0.4, 0.5) is 9.59 Å². The number of carbonyl (C=O) groups is 4. The molecule has 0 bridgehead atoms. The van der Waals surface area contributed by atoms with E-state index in [1.165, 1.54) is 69.3 Å². The third-order valence-electron chi connectivity index (χ3n) is 11.3. The number of aromatic nitrogens is 4. The molecule has 2 aliphatic carbocycles. The van der Waals surface area contributed by atoms with E-state index < -0.39 is 12.2 Å². The van der Waals surface area contributed by atoms with Crippen LogP contribution in [0.1, 0.15) is 116 Å². The zero-order valence-corrected chi connectivity index (χ0v) is 39.1. The monoisotopic (exact) mass is 882 g/mol. The summed E-state index contributed by atoms with van der Waals surface area (Å²) in [5.41, 5.74) is 9.93. The number of imidazole rings is 2. The molecule has 2 unspecified atom stereocenters. The van der Waals surface area contributed by atoms with Gasteiger partial charge >= 0.3 is 12.2 Å². The Kier molecular flexibility index (Phi) is 18.2. The Morgan fingerprint density at radius 1 is 0.841 bits per heavy atom. The number of rotatable bonds is 8. The van der Waals surface area contributed by atoms with Gasteiger partial charge in [0, 0.05) is 41.4 Å². The van der Waals surface area contributed by atoms with Gasteiger partial charge in [-0.2, -0.15) is 0 Å². The molecule has 0 radical (unpaired) electrons. The maximum Gasteiger partial charge on any atom is 0.425 e. The number of ether oxygens (including phenoxy) is 2. The normalized spacial score (nSPS) is 16.4. The number of H-pyrrole nitrogens is 2. The predicted molar refractivity (Wildman–Crippen MR) is 250 cm³/mol. The number of aromatic amines is 2. The first kappa shape index (κ1) is 48.3. The average Bonchev–Trinajstić information content (AvgIpc) is 4.17. The molecular formula is C48H66N8O6S. The van der Waals surface area contributed by atoms with Gasteiger partial charge in [0.25, 0.3) is 0 Å². The molecule has 340 valence electrons. The summed E-state index contributed by atoms with van der Waals surface area (Å²) in [5.74, 6) is 0.345. The van der Waals surface area contributed by atoms with Crippen molar-refractivity contribution in [2.24, 2.45) is 5.92 Å². The first-order chi connectivity index (χ1) is 30.6. The van der Waals surface area contributed by atoms with Gasteiger partial charge in [0.2, 0.25) is 11.8 Å². The minimum atomic E-state index is -0.647. The van der Waals surface area contributed by atoms with Crippen molar-refractivity contribution in [1.29, 1.82) is 0 Å². The number of fused-ring (bicyclic) bond motifs is 2. The number of methoxy groups -OCH3 is 2. The molecule has 1 saturated carbocycles. The lowest BCUT2D eigenvalue weighted by Crippen LogP contribution is -2.53. The average molecular weight is 883 g/mol. The molecule has 1 aliphatic heterocycles. The van der Waals surface area contributed by atoms with Crippen LogP contribution in [0, 0.1) is 5.92 Å². The number of likely N-dealkylation sites (tertiary alicyclic amines) is 1. The smallest absolute Gasteiger partial charge is 0.425 e. The molecule has 8 rings (SSSR count). The lowest BCUT2D eigenvalue weighted by molar-refractivity contribution is -0.142. The van der Waals surface area contributed by atoms with Crippen LogP contribution in [-0.2, 0) is 31.9 Å². The third-order valence-corrected chi connectivity index (χ3v) is 12.7. The third kappa shape index (κ3) is 12.1. The number of thiophene rings is 1. The van der Waals surface area contributed by atoms with Crippen LogP contribution in [0.2, 0.25) is 0 Å².